The molecule has 59 heavy (non-hydrogen) atoms. The Kier molecular flexibility index (Phi) is 16.1. The van der Waals surface area contributed by atoms with Gasteiger partial charge in [0.2, 0.25) is 0 Å². The maximum absolute atomic E-state index is 14.1. The predicted molar refractivity (Wildman–Crippen MR) is 225 cm³/mol. The molecule has 0 spiro atoms. The van der Waals surface area contributed by atoms with Crippen molar-refractivity contribution in [2.45, 2.75) is 78.7 Å². The number of hydrogen-bond acceptors (Lipinski definition) is 9. The predicted octanol–water partition coefficient (Wildman–Crippen LogP) is 9.97. The van der Waals surface area contributed by atoms with Crippen molar-refractivity contribution in [3.63, 3.8) is 0 Å². The molecule has 1 N–H and O–H groups in total. The van der Waals surface area contributed by atoms with Crippen LogP contribution in [0.15, 0.2) is 84.9 Å². The molecular weight excluding hydrogens is 824 g/mol. The van der Waals surface area contributed by atoms with E-state index in [1.54, 1.807) is 71.8 Å². The van der Waals surface area contributed by atoms with Gasteiger partial charge in [-0.3, -0.25) is 8.98 Å². The van der Waals surface area contributed by atoms with E-state index in [2.05, 4.69) is 6.07 Å². The summed E-state index contributed by atoms with van der Waals surface area (Å²) in [5, 5.41) is 20.4. The van der Waals surface area contributed by atoms with E-state index in [9.17, 15) is 37.1 Å². The fourth-order valence-electron chi connectivity index (χ4n) is 6.61. The molecule has 3 atom stereocenters. The van der Waals surface area contributed by atoms with Crippen LogP contribution in [0.1, 0.15) is 52.2 Å². The lowest BCUT2D eigenvalue weighted by atomic mass is 9.60. The molecule has 1 aliphatic rings. The first-order valence-corrected chi connectivity index (χ1v) is 21.0. The number of amides is 1. The summed E-state index contributed by atoms with van der Waals surface area (Å²) in [5.74, 6) is -1.39. The number of esters is 1. The Morgan fingerprint density at radius 2 is 1.44 bits per heavy atom. The number of halogens is 4. The van der Waals surface area contributed by atoms with Crippen LogP contribution in [0.5, 0.6) is 0 Å². The molecule has 4 aromatic rings. The molecule has 10 nitrogen and oxygen atoms in total. The van der Waals surface area contributed by atoms with E-state index in [1.807, 2.05) is 24.3 Å². The van der Waals surface area contributed by atoms with Crippen LogP contribution < -0.4 is 0 Å². The fourth-order valence-corrected chi connectivity index (χ4v) is 8.12. The molecule has 314 valence electrons. The Hall–Kier alpha value is -4.52. The summed E-state index contributed by atoms with van der Waals surface area (Å²) in [6.45, 7) is 9.39. The van der Waals surface area contributed by atoms with E-state index in [0.717, 1.165) is 11.1 Å². The quantitative estimate of drug-likeness (QED) is 0.109. The molecular formula is C43H47BCl2F2N2O8S. The van der Waals surface area contributed by atoms with Crippen molar-refractivity contribution in [1.29, 1.82) is 5.26 Å². The molecule has 0 saturated carbocycles. The average molecular weight is 872 g/mol. The topological polar surface area (TPSA) is 143 Å². The van der Waals surface area contributed by atoms with Crippen LogP contribution in [0, 0.1) is 34.3 Å². The van der Waals surface area contributed by atoms with Gasteiger partial charge in [0, 0.05) is 21.2 Å². The zero-order chi connectivity index (χ0) is 43.7. The third-order valence-electron chi connectivity index (χ3n) is 9.28. The molecule has 4 aromatic carbocycles. The van der Waals surface area contributed by atoms with E-state index in [0.29, 0.717) is 49.3 Å². The van der Waals surface area contributed by atoms with Crippen LogP contribution in [-0.2, 0) is 41.6 Å². The maximum atomic E-state index is 14.1. The van der Waals surface area contributed by atoms with Crippen molar-refractivity contribution in [1.82, 2.24) is 4.31 Å². The standard InChI is InChI=1S/C23H26BClFNO3.C20H21ClFNO5S/c1-4-30-22(28)23(2,15-27)13-17(14-24(3)29)11-16-5-7-18(8-6-16)20-12-19(25)9-10-21(20)26;1-20(2,3)28-19(24)23-16(12-27-29(23,25)26)10-13-4-6-14(7-5-13)17-11-15(21)8-9-18(17)22/h5-10,12,17,29H,4,11,13-14H2,1-3H3;4-9,11,16H,10,12H2,1-3H3/t17-,23?;16-/m11/s1. The van der Waals surface area contributed by atoms with Gasteiger partial charge in [-0.2, -0.15) is 18.0 Å². The highest BCUT2D eigenvalue weighted by Crippen LogP contribution is 2.34. The molecule has 0 aromatic heterocycles. The molecule has 1 aliphatic heterocycles. The van der Waals surface area contributed by atoms with Gasteiger partial charge in [0.15, 0.2) is 5.41 Å². The van der Waals surface area contributed by atoms with E-state index < -0.39 is 52.2 Å². The van der Waals surface area contributed by atoms with Gasteiger partial charge < -0.3 is 14.5 Å². The summed E-state index contributed by atoms with van der Waals surface area (Å²) in [6.07, 6.45) is 0.549. The molecule has 0 radical (unpaired) electrons. The summed E-state index contributed by atoms with van der Waals surface area (Å²) < 4.78 is 68.2. The number of carbonyl (C=O) groups excluding carboxylic acids is 2. The van der Waals surface area contributed by atoms with Gasteiger partial charge in [-0.1, -0.05) is 78.6 Å². The number of carbonyl (C=O) groups is 2. The van der Waals surface area contributed by atoms with Crippen LogP contribution in [0.25, 0.3) is 22.3 Å². The second-order valence-corrected chi connectivity index (χ2v) is 17.9. The van der Waals surface area contributed by atoms with Crippen molar-refractivity contribution < 1.29 is 45.5 Å². The Balaban J connectivity index is 0.000000261. The van der Waals surface area contributed by atoms with E-state index in [4.69, 9.17) is 36.9 Å². The lowest BCUT2D eigenvalue weighted by Gasteiger charge is -2.26. The Morgan fingerprint density at radius 3 is 1.90 bits per heavy atom. The lowest BCUT2D eigenvalue weighted by Crippen LogP contribution is -2.43. The average Bonchev–Trinajstić information content (AvgIpc) is 3.46. The summed E-state index contributed by atoms with van der Waals surface area (Å²) in [5.41, 5.74) is 1.74. The second kappa shape index (κ2) is 20.2. The highest BCUT2D eigenvalue weighted by atomic mass is 35.5. The molecule has 1 saturated heterocycles. The zero-order valence-corrected chi connectivity index (χ0v) is 36.0. The van der Waals surface area contributed by atoms with Gasteiger partial charge in [-0.15, -0.1) is 0 Å². The number of benzene rings is 4. The number of nitriles is 1. The zero-order valence-electron chi connectivity index (χ0n) is 33.7. The number of ether oxygens (including phenoxy) is 2. The van der Waals surface area contributed by atoms with Crippen LogP contribution in [0.2, 0.25) is 23.2 Å². The van der Waals surface area contributed by atoms with Crippen LogP contribution in [0.3, 0.4) is 0 Å². The summed E-state index contributed by atoms with van der Waals surface area (Å²) in [4.78, 5) is 24.7. The first-order chi connectivity index (χ1) is 27.6. The Morgan fingerprint density at radius 1 is 0.932 bits per heavy atom. The largest absolute Gasteiger partial charge is 0.465 e. The number of hydrogen-bond donors (Lipinski definition) is 1. The van der Waals surface area contributed by atoms with Gasteiger partial charge in [0.25, 0.3) is 6.92 Å². The van der Waals surface area contributed by atoms with Crippen LogP contribution in [-0.4, -0.2) is 61.6 Å². The van der Waals surface area contributed by atoms with E-state index in [-0.39, 0.29) is 37.8 Å². The minimum Gasteiger partial charge on any atom is -0.465 e. The van der Waals surface area contributed by atoms with Crippen LogP contribution in [0.4, 0.5) is 13.6 Å². The first-order valence-electron chi connectivity index (χ1n) is 18.9. The smallest absolute Gasteiger partial charge is 0.426 e. The Bertz CT molecular complexity index is 2250. The maximum Gasteiger partial charge on any atom is 0.426 e. The minimum absolute atomic E-state index is 0.104. The highest BCUT2D eigenvalue weighted by Gasteiger charge is 2.44. The van der Waals surface area contributed by atoms with Crippen LogP contribution >= 0.6 is 23.2 Å². The van der Waals surface area contributed by atoms with E-state index >= 15 is 0 Å². The molecule has 1 unspecified atom stereocenters. The SMILES string of the molecule is CC(C)(C)OC(=O)N1[C@H](Cc2ccc(-c3cc(Cl)ccc3F)cc2)COS1(=O)=O.CCOC(=O)C(C)(C#N)C[C@H](CB(C)O)Cc1ccc(-c2cc(Cl)ccc2F)cc1. The molecule has 1 heterocycles. The van der Waals surface area contributed by atoms with Crippen molar-refractivity contribution in [2.75, 3.05) is 13.2 Å². The van der Waals surface area contributed by atoms with Crippen molar-refractivity contribution in [3.8, 4) is 28.3 Å². The monoisotopic (exact) mass is 870 g/mol. The summed E-state index contributed by atoms with van der Waals surface area (Å²) >= 11 is 11.9. The molecule has 1 fully saturated rings. The van der Waals surface area contributed by atoms with Gasteiger partial charge >= 0.3 is 22.4 Å². The van der Waals surface area contributed by atoms with Gasteiger partial charge in [0.05, 0.1) is 25.3 Å². The fraction of sp³-hybridized carbons (Fsp3) is 0.372. The molecule has 0 bridgehead atoms. The van der Waals surface area contributed by atoms with Crippen molar-refractivity contribution >= 4 is 52.5 Å². The first kappa shape index (κ1) is 47.2. The van der Waals surface area contributed by atoms with Crippen molar-refractivity contribution in [2.24, 2.45) is 11.3 Å². The molecule has 0 aliphatic carbocycles. The summed E-state index contributed by atoms with van der Waals surface area (Å²) in [7, 11) is -4.19. The number of rotatable bonds is 12. The van der Waals surface area contributed by atoms with Gasteiger partial charge in [-0.25, -0.2) is 13.6 Å². The summed E-state index contributed by atoms with van der Waals surface area (Å²) in [6, 6.07) is 24.4. The normalized spacial score (nSPS) is 16.2. The molecule has 5 rings (SSSR count). The number of nitrogens with zero attached hydrogens (tertiary/aromatic N) is 2. The van der Waals surface area contributed by atoms with Gasteiger partial charge in [0.1, 0.15) is 17.2 Å². The highest BCUT2D eigenvalue weighted by molar-refractivity contribution is 7.85. The minimum atomic E-state index is -4.19. The van der Waals surface area contributed by atoms with Gasteiger partial charge in [-0.05, 0) is 125 Å². The Labute approximate surface area is 355 Å². The molecule has 1 amide bonds. The van der Waals surface area contributed by atoms with E-state index in [1.165, 1.54) is 30.3 Å². The lowest BCUT2D eigenvalue weighted by molar-refractivity contribution is -0.152. The van der Waals surface area contributed by atoms with Crippen molar-refractivity contribution in [3.05, 3.63) is 118 Å². The second-order valence-electron chi connectivity index (χ2n) is 15.5. The third-order valence-corrected chi connectivity index (χ3v) is 11.1. The third kappa shape index (κ3) is 13.2. The molecule has 16 heteroatoms.